The SMILES string of the molecule is COc1ccc(C(=N)c2c(N)ncnc2NCc2cc3cccc(C)c3c(=O)n2-c2ccccc2C)cc1. The average molecular weight is 505 g/mol. The van der Waals surface area contributed by atoms with Crippen molar-refractivity contribution in [1.82, 2.24) is 14.5 Å². The molecule has 5 rings (SSSR count). The molecule has 0 atom stereocenters. The van der Waals surface area contributed by atoms with Crippen molar-refractivity contribution in [2.24, 2.45) is 0 Å². The van der Waals surface area contributed by atoms with Gasteiger partial charge in [0.2, 0.25) is 0 Å². The van der Waals surface area contributed by atoms with Crippen molar-refractivity contribution < 1.29 is 4.74 Å². The summed E-state index contributed by atoms with van der Waals surface area (Å²) >= 11 is 0. The predicted octanol–water partition coefficient (Wildman–Crippen LogP) is 5.02. The zero-order chi connectivity index (χ0) is 26.8. The third-order valence-corrected chi connectivity index (χ3v) is 6.63. The maximum Gasteiger partial charge on any atom is 0.263 e. The van der Waals surface area contributed by atoms with Crippen LogP contribution >= 0.6 is 0 Å². The number of methoxy groups -OCH3 is 1. The van der Waals surface area contributed by atoms with Gasteiger partial charge in [-0.15, -0.1) is 0 Å². The third kappa shape index (κ3) is 4.48. The summed E-state index contributed by atoms with van der Waals surface area (Å²) in [5.41, 5.74) is 10.8. The molecule has 0 aliphatic heterocycles. The van der Waals surface area contributed by atoms with Crippen molar-refractivity contribution in [3.8, 4) is 11.4 Å². The van der Waals surface area contributed by atoms with E-state index in [1.807, 2.05) is 62.4 Å². The van der Waals surface area contributed by atoms with Crippen LogP contribution in [0.2, 0.25) is 0 Å². The van der Waals surface area contributed by atoms with Crippen molar-refractivity contribution in [2.45, 2.75) is 20.4 Å². The van der Waals surface area contributed by atoms with E-state index in [1.165, 1.54) is 6.33 Å². The van der Waals surface area contributed by atoms with Crippen LogP contribution in [0.4, 0.5) is 11.6 Å². The largest absolute Gasteiger partial charge is 0.497 e. The van der Waals surface area contributed by atoms with Crippen LogP contribution in [0.15, 0.2) is 83.9 Å². The van der Waals surface area contributed by atoms with Crippen LogP contribution in [0, 0.1) is 19.3 Å². The molecule has 0 radical (unpaired) electrons. The zero-order valence-electron chi connectivity index (χ0n) is 21.4. The summed E-state index contributed by atoms with van der Waals surface area (Å²) in [6, 6.07) is 22.8. The van der Waals surface area contributed by atoms with E-state index in [2.05, 4.69) is 15.3 Å². The first kappa shape index (κ1) is 24.7. The Morgan fingerprint density at radius 3 is 2.47 bits per heavy atom. The summed E-state index contributed by atoms with van der Waals surface area (Å²) in [6.45, 7) is 4.21. The highest BCUT2D eigenvalue weighted by Crippen LogP contribution is 2.25. The number of hydrogen-bond acceptors (Lipinski definition) is 7. The minimum atomic E-state index is -0.0832. The van der Waals surface area contributed by atoms with Crippen molar-refractivity contribution in [3.05, 3.63) is 117 Å². The third-order valence-electron chi connectivity index (χ3n) is 6.63. The molecular formula is C30H28N6O2. The number of nitrogens with two attached hydrogens (primary N) is 1. The molecular weight excluding hydrogens is 476 g/mol. The Morgan fingerprint density at radius 2 is 1.74 bits per heavy atom. The number of hydrogen-bond donors (Lipinski definition) is 3. The molecule has 190 valence electrons. The molecule has 0 saturated heterocycles. The van der Waals surface area contributed by atoms with E-state index in [9.17, 15) is 4.79 Å². The van der Waals surface area contributed by atoms with Gasteiger partial charge in [0.05, 0.1) is 36.0 Å². The van der Waals surface area contributed by atoms with Gasteiger partial charge in [0.15, 0.2) is 0 Å². The molecule has 8 heteroatoms. The number of aryl methyl sites for hydroxylation is 2. The van der Waals surface area contributed by atoms with Crippen LogP contribution in [-0.4, -0.2) is 27.4 Å². The Kier molecular flexibility index (Phi) is 6.62. The van der Waals surface area contributed by atoms with Crippen molar-refractivity contribution in [1.29, 1.82) is 5.41 Å². The lowest BCUT2D eigenvalue weighted by atomic mass is 10.0. The number of para-hydroxylation sites is 1. The topological polar surface area (TPSA) is 119 Å². The molecule has 8 nitrogen and oxygen atoms in total. The molecule has 4 N–H and O–H groups in total. The number of anilines is 2. The Labute approximate surface area is 220 Å². The first-order valence-corrected chi connectivity index (χ1v) is 12.2. The maximum absolute atomic E-state index is 13.8. The number of nitrogens with zero attached hydrogens (tertiary/aromatic N) is 3. The minimum absolute atomic E-state index is 0.0832. The Hall–Kier alpha value is -4.98. The molecule has 0 bridgehead atoms. The highest BCUT2D eigenvalue weighted by Gasteiger charge is 2.18. The number of ether oxygens (including phenoxy) is 1. The molecule has 38 heavy (non-hydrogen) atoms. The minimum Gasteiger partial charge on any atom is -0.497 e. The average Bonchev–Trinajstić information content (AvgIpc) is 2.92. The second-order valence-electron chi connectivity index (χ2n) is 9.04. The normalized spacial score (nSPS) is 10.9. The van der Waals surface area contributed by atoms with E-state index >= 15 is 0 Å². The van der Waals surface area contributed by atoms with Gasteiger partial charge in [0.25, 0.3) is 5.56 Å². The molecule has 3 aromatic carbocycles. The number of rotatable bonds is 7. The van der Waals surface area contributed by atoms with E-state index in [1.54, 1.807) is 35.9 Å². The lowest BCUT2D eigenvalue weighted by Crippen LogP contribution is -2.25. The van der Waals surface area contributed by atoms with E-state index in [-0.39, 0.29) is 23.6 Å². The molecule has 0 amide bonds. The Balaban J connectivity index is 1.59. The molecule has 0 fully saturated rings. The van der Waals surface area contributed by atoms with E-state index < -0.39 is 0 Å². The van der Waals surface area contributed by atoms with E-state index in [0.29, 0.717) is 28.1 Å². The monoisotopic (exact) mass is 504 g/mol. The van der Waals surface area contributed by atoms with Gasteiger partial charge in [-0.05, 0) is 66.8 Å². The number of aromatic nitrogens is 3. The second-order valence-corrected chi connectivity index (χ2v) is 9.04. The van der Waals surface area contributed by atoms with Crippen LogP contribution < -0.4 is 21.3 Å². The predicted molar refractivity (Wildman–Crippen MR) is 152 cm³/mol. The fourth-order valence-electron chi connectivity index (χ4n) is 4.65. The number of fused-ring (bicyclic) bond motifs is 1. The smallest absolute Gasteiger partial charge is 0.263 e. The molecule has 0 aliphatic rings. The summed E-state index contributed by atoms with van der Waals surface area (Å²) in [4.78, 5) is 22.4. The van der Waals surface area contributed by atoms with Gasteiger partial charge in [-0.25, -0.2) is 9.97 Å². The van der Waals surface area contributed by atoms with Crippen LogP contribution in [0.5, 0.6) is 5.75 Å². The molecule has 2 aromatic heterocycles. The summed E-state index contributed by atoms with van der Waals surface area (Å²) in [7, 11) is 1.59. The molecule has 0 aliphatic carbocycles. The highest BCUT2D eigenvalue weighted by molar-refractivity contribution is 6.16. The second kappa shape index (κ2) is 10.2. The highest BCUT2D eigenvalue weighted by atomic mass is 16.5. The number of benzene rings is 3. The van der Waals surface area contributed by atoms with Crippen LogP contribution in [0.25, 0.3) is 16.5 Å². The molecule has 0 spiro atoms. The summed E-state index contributed by atoms with van der Waals surface area (Å²) in [5.74, 6) is 1.29. The standard InChI is InChI=1S/C30H28N6O2/c1-18-7-4-5-10-24(18)36-22(15-21-9-6-8-19(2)25(21)30(36)37)16-33-29-26(28(32)34-17-35-29)27(31)20-11-13-23(38-3)14-12-20/h4-15,17,31H,16H2,1-3H3,(H3,32,33,34,35). The van der Waals surface area contributed by atoms with E-state index in [0.717, 1.165) is 27.9 Å². The van der Waals surface area contributed by atoms with E-state index in [4.69, 9.17) is 15.9 Å². The van der Waals surface area contributed by atoms with Gasteiger partial charge in [-0.1, -0.05) is 36.4 Å². The number of pyridine rings is 1. The number of nitrogen functional groups attached to an aromatic ring is 1. The Morgan fingerprint density at radius 1 is 1.00 bits per heavy atom. The summed E-state index contributed by atoms with van der Waals surface area (Å²) in [6.07, 6.45) is 1.36. The zero-order valence-corrected chi connectivity index (χ0v) is 21.4. The first-order valence-electron chi connectivity index (χ1n) is 12.2. The van der Waals surface area contributed by atoms with Gasteiger partial charge in [0, 0.05) is 11.3 Å². The van der Waals surface area contributed by atoms with Gasteiger partial charge >= 0.3 is 0 Å². The van der Waals surface area contributed by atoms with Gasteiger partial charge in [-0.2, -0.15) is 0 Å². The van der Waals surface area contributed by atoms with Crippen molar-refractivity contribution >= 4 is 28.1 Å². The van der Waals surface area contributed by atoms with Gasteiger partial charge < -0.3 is 15.8 Å². The van der Waals surface area contributed by atoms with Gasteiger partial charge in [0.1, 0.15) is 23.7 Å². The lowest BCUT2D eigenvalue weighted by molar-refractivity contribution is 0.415. The fraction of sp³-hybridized carbons (Fsp3) is 0.133. The van der Waals surface area contributed by atoms with Crippen LogP contribution in [-0.2, 0) is 6.54 Å². The number of nitrogens with one attached hydrogen (secondary N) is 2. The lowest BCUT2D eigenvalue weighted by Gasteiger charge is -2.19. The van der Waals surface area contributed by atoms with Crippen LogP contribution in [0.1, 0.15) is 27.9 Å². The molecule has 0 unspecified atom stereocenters. The Bertz CT molecular complexity index is 1720. The fourth-order valence-corrected chi connectivity index (χ4v) is 4.65. The molecule has 5 aromatic rings. The molecule has 2 heterocycles. The molecule has 0 saturated carbocycles. The summed E-state index contributed by atoms with van der Waals surface area (Å²) < 4.78 is 6.98. The van der Waals surface area contributed by atoms with Crippen molar-refractivity contribution in [3.63, 3.8) is 0 Å². The van der Waals surface area contributed by atoms with Crippen molar-refractivity contribution in [2.75, 3.05) is 18.2 Å². The van der Waals surface area contributed by atoms with Crippen LogP contribution in [0.3, 0.4) is 0 Å². The quantitative estimate of drug-likeness (QED) is 0.268. The first-order chi connectivity index (χ1) is 18.4. The maximum atomic E-state index is 13.8. The summed E-state index contributed by atoms with van der Waals surface area (Å²) in [5, 5.41) is 13.7. The van der Waals surface area contributed by atoms with Gasteiger partial charge in [-0.3, -0.25) is 14.8 Å².